The van der Waals surface area contributed by atoms with Crippen LogP contribution in [-0.4, -0.2) is 12.6 Å². The zero-order chi connectivity index (χ0) is 8.73. The van der Waals surface area contributed by atoms with E-state index in [0.717, 1.165) is 17.4 Å². The van der Waals surface area contributed by atoms with Gasteiger partial charge < -0.3 is 5.32 Å². The lowest BCUT2D eigenvalue weighted by atomic mass is 9.77. The van der Waals surface area contributed by atoms with Crippen molar-refractivity contribution >= 4 is 0 Å². The Kier molecular flexibility index (Phi) is 1.90. The summed E-state index contributed by atoms with van der Waals surface area (Å²) in [6.07, 6.45) is 12.1. The number of hydrogen-bond acceptors (Lipinski definition) is 1. The topological polar surface area (TPSA) is 12.0 Å². The highest BCUT2D eigenvalue weighted by Gasteiger charge is 2.49. The van der Waals surface area contributed by atoms with Crippen LogP contribution < -0.4 is 5.32 Å². The van der Waals surface area contributed by atoms with E-state index in [9.17, 15) is 0 Å². The average Bonchev–Trinajstić information content (AvgIpc) is 2.78. The van der Waals surface area contributed by atoms with Crippen molar-refractivity contribution in [2.75, 3.05) is 6.54 Å². The number of piperidine rings is 1. The summed E-state index contributed by atoms with van der Waals surface area (Å²) < 4.78 is 0. The van der Waals surface area contributed by atoms with E-state index in [0.29, 0.717) is 0 Å². The van der Waals surface area contributed by atoms with Gasteiger partial charge in [-0.05, 0) is 56.4 Å². The van der Waals surface area contributed by atoms with Crippen molar-refractivity contribution in [3.63, 3.8) is 0 Å². The fraction of sp³-hybridized carbons (Fsp3) is 1.00. The van der Waals surface area contributed by atoms with Crippen LogP contribution in [0.1, 0.15) is 51.4 Å². The molecular weight excluding hydrogens is 158 g/mol. The Balaban J connectivity index is 1.82. The Morgan fingerprint density at radius 3 is 2.62 bits per heavy atom. The second-order valence-electron chi connectivity index (χ2n) is 5.44. The standard InChI is InChI=1S/C12H21N/c1-2-7-12(6-1)8-5-10-4-3-9-13-11(10)12/h10-11,13H,1-9H2. The molecule has 2 unspecified atom stereocenters. The maximum absolute atomic E-state index is 3.81. The van der Waals surface area contributed by atoms with Crippen molar-refractivity contribution in [2.45, 2.75) is 57.4 Å². The summed E-state index contributed by atoms with van der Waals surface area (Å²) in [4.78, 5) is 0. The number of rotatable bonds is 0. The van der Waals surface area contributed by atoms with Gasteiger partial charge in [0.05, 0.1) is 0 Å². The quantitative estimate of drug-likeness (QED) is 0.603. The molecular formula is C12H21N. The molecule has 1 spiro atoms. The van der Waals surface area contributed by atoms with Gasteiger partial charge in [-0.25, -0.2) is 0 Å². The zero-order valence-electron chi connectivity index (χ0n) is 8.52. The van der Waals surface area contributed by atoms with Crippen LogP contribution in [0.3, 0.4) is 0 Å². The van der Waals surface area contributed by atoms with Crippen LogP contribution in [0, 0.1) is 11.3 Å². The van der Waals surface area contributed by atoms with Crippen molar-refractivity contribution in [1.82, 2.24) is 5.32 Å². The van der Waals surface area contributed by atoms with Crippen LogP contribution in [0.2, 0.25) is 0 Å². The minimum absolute atomic E-state index is 0.769. The molecule has 1 N–H and O–H groups in total. The molecule has 0 amide bonds. The van der Waals surface area contributed by atoms with Crippen molar-refractivity contribution in [3.05, 3.63) is 0 Å². The van der Waals surface area contributed by atoms with Gasteiger partial charge in [0.1, 0.15) is 0 Å². The fourth-order valence-corrected chi connectivity index (χ4v) is 4.25. The molecule has 3 rings (SSSR count). The predicted molar refractivity (Wildman–Crippen MR) is 54.6 cm³/mol. The van der Waals surface area contributed by atoms with Gasteiger partial charge in [0.2, 0.25) is 0 Å². The summed E-state index contributed by atoms with van der Waals surface area (Å²) >= 11 is 0. The van der Waals surface area contributed by atoms with Crippen LogP contribution in [0.4, 0.5) is 0 Å². The van der Waals surface area contributed by atoms with Gasteiger partial charge in [-0.2, -0.15) is 0 Å². The fourth-order valence-electron chi connectivity index (χ4n) is 4.25. The van der Waals surface area contributed by atoms with E-state index in [2.05, 4.69) is 5.32 Å². The molecule has 1 nitrogen and oxygen atoms in total. The van der Waals surface area contributed by atoms with E-state index < -0.39 is 0 Å². The van der Waals surface area contributed by atoms with Crippen molar-refractivity contribution in [2.24, 2.45) is 11.3 Å². The first kappa shape index (κ1) is 8.28. The number of nitrogens with one attached hydrogen (secondary N) is 1. The minimum Gasteiger partial charge on any atom is -0.313 e. The van der Waals surface area contributed by atoms with Gasteiger partial charge in [-0.3, -0.25) is 0 Å². The molecule has 3 fully saturated rings. The maximum atomic E-state index is 3.81. The molecule has 3 aliphatic rings. The maximum Gasteiger partial charge on any atom is 0.0152 e. The summed E-state index contributed by atoms with van der Waals surface area (Å²) in [7, 11) is 0. The molecule has 0 radical (unpaired) electrons. The van der Waals surface area contributed by atoms with Gasteiger partial charge in [-0.1, -0.05) is 12.8 Å². The summed E-state index contributed by atoms with van der Waals surface area (Å²) in [6.45, 7) is 1.29. The molecule has 0 bridgehead atoms. The van der Waals surface area contributed by atoms with E-state index in [1.807, 2.05) is 0 Å². The van der Waals surface area contributed by atoms with Crippen molar-refractivity contribution in [3.8, 4) is 0 Å². The first-order chi connectivity index (χ1) is 6.41. The van der Waals surface area contributed by atoms with E-state index >= 15 is 0 Å². The summed E-state index contributed by atoms with van der Waals surface area (Å²) in [5, 5.41) is 3.81. The SMILES string of the molecule is C1CNC2C(C1)CCC21CCCC1. The van der Waals surface area contributed by atoms with Gasteiger partial charge in [-0.15, -0.1) is 0 Å². The molecule has 13 heavy (non-hydrogen) atoms. The molecule has 1 aliphatic heterocycles. The van der Waals surface area contributed by atoms with Gasteiger partial charge in [0.15, 0.2) is 0 Å². The lowest BCUT2D eigenvalue weighted by Crippen LogP contribution is -2.47. The minimum atomic E-state index is 0.769. The highest BCUT2D eigenvalue weighted by Crippen LogP contribution is 2.54. The first-order valence-electron chi connectivity index (χ1n) is 6.14. The molecule has 1 heteroatoms. The second kappa shape index (κ2) is 2.98. The molecule has 2 atom stereocenters. The van der Waals surface area contributed by atoms with Gasteiger partial charge in [0, 0.05) is 6.04 Å². The van der Waals surface area contributed by atoms with Crippen LogP contribution >= 0.6 is 0 Å². The van der Waals surface area contributed by atoms with Crippen molar-refractivity contribution in [1.29, 1.82) is 0 Å². The number of fused-ring (bicyclic) bond motifs is 2. The average molecular weight is 179 g/mol. The summed E-state index contributed by atoms with van der Waals surface area (Å²) in [6, 6.07) is 0.920. The molecule has 2 saturated carbocycles. The van der Waals surface area contributed by atoms with Crippen LogP contribution in [0.5, 0.6) is 0 Å². The molecule has 0 aromatic heterocycles. The zero-order valence-corrected chi connectivity index (χ0v) is 8.52. The van der Waals surface area contributed by atoms with Crippen molar-refractivity contribution < 1.29 is 0 Å². The van der Waals surface area contributed by atoms with E-state index in [1.54, 1.807) is 0 Å². The Bertz CT molecular complexity index is 193. The third-order valence-electron chi connectivity index (χ3n) is 4.86. The summed E-state index contributed by atoms with van der Waals surface area (Å²) in [5.74, 6) is 1.05. The van der Waals surface area contributed by atoms with Crippen LogP contribution in [0.15, 0.2) is 0 Å². The van der Waals surface area contributed by atoms with E-state index in [1.165, 1.54) is 57.9 Å². The molecule has 2 aliphatic carbocycles. The third kappa shape index (κ3) is 1.16. The second-order valence-corrected chi connectivity index (χ2v) is 5.44. The number of hydrogen-bond donors (Lipinski definition) is 1. The normalized spacial score (nSPS) is 42.5. The largest absolute Gasteiger partial charge is 0.313 e. The monoisotopic (exact) mass is 179 g/mol. The van der Waals surface area contributed by atoms with Crippen LogP contribution in [-0.2, 0) is 0 Å². The molecule has 0 aromatic carbocycles. The van der Waals surface area contributed by atoms with Gasteiger partial charge in [0.25, 0.3) is 0 Å². The lowest BCUT2D eigenvalue weighted by Gasteiger charge is -2.37. The molecule has 74 valence electrons. The molecule has 0 aromatic rings. The lowest BCUT2D eigenvalue weighted by molar-refractivity contribution is 0.179. The Morgan fingerprint density at radius 1 is 0.923 bits per heavy atom. The smallest absolute Gasteiger partial charge is 0.0152 e. The Hall–Kier alpha value is -0.0400. The Morgan fingerprint density at radius 2 is 1.77 bits per heavy atom. The predicted octanol–water partition coefficient (Wildman–Crippen LogP) is 2.71. The molecule has 1 saturated heterocycles. The van der Waals surface area contributed by atoms with Crippen LogP contribution in [0.25, 0.3) is 0 Å². The van der Waals surface area contributed by atoms with E-state index in [-0.39, 0.29) is 0 Å². The highest BCUT2D eigenvalue weighted by atomic mass is 15.0. The highest BCUT2D eigenvalue weighted by molar-refractivity contribution is 5.04. The summed E-state index contributed by atoms with van der Waals surface area (Å²) in [5.41, 5.74) is 0.769. The molecule has 1 heterocycles. The Labute approximate surface area is 81.3 Å². The van der Waals surface area contributed by atoms with E-state index in [4.69, 9.17) is 0 Å². The van der Waals surface area contributed by atoms with Gasteiger partial charge >= 0.3 is 0 Å². The third-order valence-corrected chi connectivity index (χ3v) is 4.86. The first-order valence-corrected chi connectivity index (χ1v) is 6.14.